The molecule has 0 spiro atoms. The van der Waals surface area contributed by atoms with Gasteiger partial charge < -0.3 is 14.3 Å². The van der Waals surface area contributed by atoms with Crippen molar-refractivity contribution in [3.63, 3.8) is 0 Å². The molecule has 1 aromatic rings. The van der Waals surface area contributed by atoms with Crippen molar-refractivity contribution in [1.29, 1.82) is 0 Å². The van der Waals surface area contributed by atoms with E-state index in [4.69, 9.17) is 9.15 Å². The Bertz CT molecular complexity index is 470. The first-order valence-corrected chi connectivity index (χ1v) is 6.78. The van der Waals surface area contributed by atoms with Crippen LogP contribution >= 0.6 is 0 Å². The van der Waals surface area contributed by atoms with Crippen molar-refractivity contribution in [2.75, 3.05) is 19.8 Å². The molecule has 3 rings (SSSR count). The lowest BCUT2D eigenvalue weighted by Crippen LogP contribution is -2.49. The van der Waals surface area contributed by atoms with Crippen LogP contribution in [-0.4, -0.2) is 41.8 Å². The molecule has 1 saturated carbocycles. The Morgan fingerprint density at radius 2 is 2.32 bits per heavy atom. The Labute approximate surface area is 112 Å². The van der Waals surface area contributed by atoms with Crippen molar-refractivity contribution in [3.8, 4) is 0 Å². The van der Waals surface area contributed by atoms with Gasteiger partial charge in [-0.15, -0.1) is 0 Å². The molecule has 5 heteroatoms. The molecule has 1 aliphatic heterocycles. The fraction of sp³-hybridized carbons (Fsp3) is 0.643. The van der Waals surface area contributed by atoms with E-state index in [1.54, 1.807) is 0 Å². The molecule has 0 radical (unpaired) electrons. The van der Waals surface area contributed by atoms with Crippen LogP contribution in [0.15, 0.2) is 16.5 Å². The van der Waals surface area contributed by atoms with Gasteiger partial charge in [-0.2, -0.15) is 0 Å². The van der Waals surface area contributed by atoms with Gasteiger partial charge in [0.25, 0.3) is 0 Å². The van der Waals surface area contributed by atoms with Crippen LogP contribution in [-0.2, 0) is 16.1 Å². The highest BCUT2D eigenvalue weighted by Crippen LogP contribution is 2.47. The van der Waals surface area contributed by atoms with Crippen LogP contribution < -0.4 is 0 Å². The number of carbonyl (C=O) groups is 1. The Kier molecular flexibility index (Phi) is 3.33. The smallest absolute Gasteiger partial charge is 0.323 e. The van der Waals surface area contributed by atoms with Crippen LogP contribution in [0.1, 0.15) is 30.8 Å². The van der Waals surface area contributed by atoms with Gasteiger partial charge in [0.05, 0.1) is 19.8 Å². The third-order valence-electron chi connectivity index (χ3n) is 4.04. The van der Waals surface area contributed by atoms with Crippen molar-refractivity contribution < 1.29 is 19.1 Å². The van der Waals surface area contributed by atoms with E-state index < -0.39 is 12.0 Å². The fourth-order valence-electron chi connectivity index (χ4n) is 2.65. The van der Waals surface area contributed by atoms with E-state index in [2.05, 4.69) is 6.92 Å². The molecule has 3 atom stereocenters. The van der Waals surface area contributed by atoms with Gasteiger partial charge in [0.15, 0.2) is 0 Å². The predicted octanol–water partition coefficient (Wildman–Crippen LogP) is 1.69. The molecule has 1 N–H and O–H groups in total. The van der Waals surface area contributed by atoms with Gasteiger partial charge in [-0.05, 0) is 24.5 Å². The molecule has 2 aliphatic rings. The van der Waals surface area contributed by atoms with E-state index in [1.807, 2.05) is 17.0 Å². The zero-order valence-electron chi connectivity index (χ0n) is 11.0. The first kappa shape index (κ1) is 12.7. The molecule has 5 nitrogen and oxygen atoms in total. The molecule has 104 valence electrons. The first-order valence-electron chi connectivity index (χ1n) is 6.78. The van der Waals surface area contributed by atoms with Crippen LogP contribution in [0.25, 0.3) is 0 Å². The highest BCUT2D eigenvalue weighted by atomic mass is 16.5. The summed E-state index contributed by atoms with van der Waals surface area (Å²) in [6.45, 7) is 4.23. The minimum Gasteiger partial charge on any atom is -0.480 e. The van der Waals surface area contributed by atoms with Gasteiger partial charge in [-0.1, -0.05) is 6.92 Å². The zero-order chi connectivity index (χ0) is 13.4. The van der Waals surface area contributed by atoms with Gasteiger partial charge in [0.1, 0.15) is 17.6 Å². The molecule has 0 aromatic carbocycles. The minimum atomic E-state index is -0.831. The molecule has 0 amide bonds. The summed E-state index contributed by atoms with van der Waals surface area (Å²) in [6, 6.07) is 3.43. The van der Waals surface area contributed by atoms with Crippen LogP contribution in [0, 0.1) is 5.92 Å². The topological polar surface area (TPSA) is 62.9 Å². The van der Waals surface area contributed by atoms with Crippen molar-refractivity contribution in [2.24, 2.45) is 5.92 Å². The first-order chi connectivity index (χ1) is 9.15. The van der Waals surface area contributed by atoms with Crippen molar-refractivity contribution in [2.45, 2.75) is 31.8 Å². The highest BCUT2D eigenvalue weighted by Gasteiger charge is 2.37. The maximum atomic E-state index is 11.2. The van der Waals surface area contributed by atoms with Crippen molar-refractivity contribution in [3.05, 3.63) is 23.7 Å². The molecule has 1 aromatic heterocycles. The lowest BCUT2D eigenvalue weighted by molar-refractivity contribution is -0.150. The Morgan fingerprint density at radius 3 is 3.00 bits per heavy atom. The molecular weight excluding hydrogens is 246 g/mol. The minimum absolute atomic E-state index is 0.253. The number of carboxylic acids is 1. The Hall–Kier alpha value is -1.33. The Balaban J connectivity index is 1.66. The summed E-state index contributed by atoms with van der Waals surface area (Å²) in [5, 5.41) is 9.17. The summed E-state index contributed by atoms with van der Waals surface area (Å²) in [5.74, 6) is 2.34. The van der Waals surface area contributed by atoms with Crippen LogP contribution in [0.3, 0.4) is 0 Å². The fourth-order valence-corrected chi connectivity index (χ4v) is 2.65. The SMILES string of the molecule is CC1CC1c1ccc(CN2CCOCC2C(=O)O)o1. The van der Waals surface area contributed by atoms with E-state index in [9.17, 15) is 9.90 Å². The van der Waals surface area contributed by atoms with Crippen LogP contribution in [0.2, 0.25) is 0 Å². The lowest BCUT2D eigenvalue weighted by Gasteiger charge is -2.31. The highest BCUT2D eigenvalue weighted by molar-refractivity contribution is 5.73. The maximum absolute atomic E-state index is 11.2. The predicted molar refractivity (Wildman–Crippen MR) is 67.9 cm³/mol. The molecule has 0 bridgehead atoms. The molecule has 1 saturated heterocycles. The van der Waals surface area contributed by atoms with Gasteiger partial charge in [-0.3, -0.25) is 9.69 Å². The second-order valence-electron chi connectivity index (χ2n) is 5.52. The Morgan fingerprint density at radius 1 is 1.53 bits per heavy atom. The number of morpholine rings is 1. The number of furan rings is 1. The number of carboxylic acid groups (broad SMARTS) is 1. The summed E-state index contributed by atoms with van der Waals surface area (Å²) in [4.78, 5) is 13.1. The van der Waals surface area contributed by atoms with E-state index in [1.165, 1.54) is 6.42 Å². The van der Waals surface area contributed by atoms with Crippen LogP contribution in [0.5, 0.6) is 0 Å². The average Bonchev–Trinajstić information content (AvgIpc) is 2.94. The van der Waals surface area contributed by atoms with E-state index in [0.717, 1.165) is 11.5 Å². The number of aliphatic carboxylic acids is 1. The van der Waals surface area contributed by atoms with Gasteiger partial charge in [-0.25, -0.2) is 0 Å². The standard InChI is InChI=1S/C14H19NO4/c1-9-6-11(9)13-3-2-10(19-13)7-15-4-5-18-8-12(15)14(16)17/h2-3,9,11-12H,4-8H2,1H3,(H,16,17). The van der Waals surface area contributed by atoms with Crippen LogP contribution in [0.4, 0.5) is 0 Å². The molecule has 2 heterocycles. The third-order valence-corrected chi connectivity index (χ3v) is 4.04. The third kappa shape index (κ3) is 2.67. The molecule has 2 fully saturated rings. The van der Waals surface area contributed by atoms with E-state index in [0.29, 0.717) is 31.5 Å². The number of ether oxygens (including phenoxy) is 1. The summed E-state index contributed by atoms with van der Waals surface area (Å²) in [6.07, 6.45) is 1.20. The molecule has 1 aliphatic carbocycles. The summed E-state index contributed by atoms with van der Waals surface area (Å²) in [7, 11) is 0. The maximum Gasteiger partial charge on any atom is 0.323 e. The van der Waals surface area contributed by atoms with Crippen molar-refractivity contribution >= 4 is 5.97 Å². The van der Waals surface area contributed by atoms with Gasteiger partial charge >= 0.3 is 5.97 Å². The molecular formula is C14H19NO4. The number of nitrogens with zero attached hydrogens (tertiary/aromatic N) is 1. The van der Waals surface area contributed by atoms with E-state index in [-0.39, 0.29) is 6.61 Å². The molecule has 3 unspecified atom stereocenters. The normalized spacial score (nSPS) is 31.3. The summed E-state index contributed by atoms with van der Waals surface area (Å²) < 4.78 is 11.1. The largest absolute Gasteiger partial charge is 0.480 e. The number of rotatable bonds is 4. The van der Waals surface area contributed by atoms with Gasteiger partial charge in [0.2, 0.25) is 0 Å². The summed E-state index contributed by atoms with van der Waals surface area (Å²) >= 11 is 0. The average molecular weight is 265 g/mol. The second-order valence-corrected chi connectivity index (χ2v) is 5.52. The monoisotopic (exact) mass is 265 g/mol. The van der Waals surface area contributed by atoms with Gasteiger partial charge in [0, 0.05) is 12.5 Å². The number of hydrogen-bond donors (Lipinski definition) is 1. The van der Waals surface area contributed by atoms with Crippen molar-refractivity contribution in [1.82, 2.24) is 4.90 Å². The molecule has 19 heavy (non-hydrogen) atoms. The zero-order valence-corrected chi connectivity index (χ0v) is 11.0. The summed E-state index contributed by atoms with van der Waals surface area (Å²) in [5.41, 5.74) is 0. The quantitative estimate of drug-likeness (QED) is 0.897. The lowest BCUT2D eigenvalue weighted by atomic mass is 10.2. The second kappa shape index (κ2) is 4.98. The van der Waals surface area contributed by atoms with E-state index >= 15 is 0 Å². The number of hydrogen-bond acceptors (Lipinski definition) is 4.